The molecule has 172 valence electrons. The van der Waals surface area contributed by atoms with Crippen molar-refractivity contribution >= 4 is 17.9 Å². The van der Waals surface area contributed by atoms with Crippen molar-refractivity contribution in [3.8, 4) is 0 Å². The normalized spacial score (nSPS) is 26.3. The van der Waals surface area contributed by atoms with E-state index in [0.29, 0.717) is 0 Å². The number of aliphatic hydroxyl groups is 2. The Bertz CT molecular complexity index is 599. The first-order chi connectivity index (χ1) is 14.0. The number of hydrogen-bond donors (Lipinski definition) is 4. The SMILES string of the molecule is C=CC(=O)OC1C(O)C(COC(=O)CCN([O-])O)OC(O)C1OC(=O)CCN([O-])O. The van der Waals surface area contributed by atoms with Gasteiger partial charge in [0.05, 0.1) is 12.8 Å². The molecule has 5 unspecified atom stereocenters. The molecule has 0 aliphatic carbocycles. The van der Waals surface area contributed by atoms with E-state index in [1.54, 1.807) is 0 Å². The molecular formula is C15H22N2O13-2. The van der Waals surface area contributed by atoms with Gasteiger partial charge in [-0.1, -0.05) is 6.58 Å². The molecule has 0 aromatic heterocycles. The molecule has 5 atom stereocenters. The smallest absolute Gasteiger partial charge is 0.330 e. The van der Waals surface area contributed by atoms with Crippen LogP contribution in [0.3, 0.4) is 0 Å². The third-order valence-electron chi connectivity index (χ3n) is 3.75. The molecule has 15 nitrogen and oxygen atoms in total. The van der Waals surface area contributed by atoms with Crippen molar-refractivity contribution < 1.29 is 54.0 Å². The molecule has 0 aromatic rings. The van der Waals surface area contributed by atoms with Crippen molar-refractivity contribution in [3.05, 3.63) is 23.1 Å². The molecule has 15 heteroatoms. The van der Waals surface area contributed by atoms with Crippen molar-refractivity contribution in [1.82, 2.24) is 10.5 Å². The fourth-order valence-corrected chi connectivity index (χ4v) is 2.32. The Kier molecular flexibility index (Phi) is 10.7. The Morgan fingerprint density at radius 2 is 1.57 bits per heavy atom. The van der Waals surface area contributed by atoms with Crippen LogP contribution in [-0.4, -0.2) is 99.4 Å². The maximum Gasteiger partial charge on any atom is 0.330 e. The largest absolute Gasteiger partial charge is 0.762 e. The number of aliphatic hydroxyl groups excluding tert-OH is 2. The van der Waals surface area contributed by atoms with E-state index < -0.39 is 91.6 Å². The van der Waals surface area contributed by atoms with Crippen LogP contribution in [0.2, 0.25) is 0 Å². The van der Waals surface area contributed by atoms with Crippen LogP contribution in [0, 0.1) is 10.4 Å². The molecule has 0 aromatic carbocycles. The molecule has 1 rings (SSSR count). The maximum atomic E-state index is 11.8. The van der Waals surface area contributed by atoms with Gasteiger partial charge in [0, 0.05) is 19.2 Å². The Morgan fingerprint density at radius 3 is 2.10 bits per heavy atom. The third kappa shape index (κ3) is 8.66. The van der Waals surface area contributed by atoms with E-state index in [9.17, 15) is 35.0 Å². The lowest BCUT2D eigenvalue weighted by Gasteiger charge is -2.41. The zero-order chi connectivity index (χ0) is 22.8. The molecule has 1 fully saturated rings. The number of hydrogen-bond acceptors (Lipinski definition) is 15. The van der Waals surface area contributed by atoms with Gasteiger partial charge < -0.3 is 50.0 Å². The fraction of sp³-hybridized carbons (Fsp3) is 0.667. The molecular weight excluding hydrogens is 416 g/mol. The first kappa shape index (κ1) is 25.8. The van der Waals surface area contributed by atoms with Crippen LogP contribution in [0.4, 0.5) is 0 Å². The van der Waals surface area contributed by atoms with E-state index in [1.165, 1.54) is 0 Å². The number of hydroxylamine groups is 4. The lowest BCUT2D eigenvalue weighted by atomic mass is 9.98. The molecule has 4 N–H and O–H groups in total. The third-order valence-corrected chi connectivity index (χ3v) is 3.75. The summed E-state index contributed by atoms with van der Waals surface area (Å²) in [4.78, 5) is 34.8. The molecule has 0 radical (unpaired) electrons. The highest BCUT2D eigenvalue weighted by molar-refractivity contribution is 5.81. The van der Waals surface area contributed by atoms with Crippen molar-refractivity contribution in [1.29, 1.82) is 0 Å². The van der Waals surface area contributed by atoms with Crippen molar-refractivity contribution in [2.75, 3.05) is 19.7 Å². The van der Waals surface area contributed by atoms with Gasteiger partial charge in [0.15, 0.2) is 18.5 Å². The van der Waals surface area contributed by atoms with Crippen LogP contribution in [-0.2, 0) is 33.3 Å². The number of esters is 3. The average Bonchev–Trinajstić information content (AvgIpc) is 2.68. The first-order valence-electron chi connectivity index (χ1n) is 8.52. The van der Waals surface area contributed by atoms with Crippen molar-refractivity contribution in [2.45, 2.75) is 43.5 Å². The van der Waals surface area contributed by atoms with Gasteiger partial charge in [-0.3, -0.25) is 20.0 Å². The number of ether oxygens (including phenoxy) is 4. The summed E-state index contributed by atoms with van der Waals surface area (Å²) in [6.45, 7) is 1.32. The highest BCUT2D eigenvalue weighted by atomic mass is 16.8. The molecule has 0 spiro atoms. The average molecular weight is 438 g/mol. The zero-order valence-electron chi connectivity index (χ0n) is 15.6. The predicted molar refractivity (Wildman–Crippen MR) is 90.8 cm³/mol. The molecule has 1 aliphatic rings. The minimum absolute atomic E-state index is 0.483. The van der Waals surface area contributed by atoms with Gasteiger partial charge in [-0.15, -0.1) is 0 Å². The quantitative estimate of drug-likeness (QED) is 0.116. The molecule has 30 heavy (non-hydrogen) atoms. The van der Waals surface area contributed by atoms with Gasteiger partial charge in [0.2, 0.25) is 0 Å². The maximum absolute atomic E-state index is 11.8. The predicted octanol–water partition coefficient (Wildman–Crippen LogP) is -2.22. The summed E-state index contributed by atoms with van der Waals surface area (Å²) in [5.41, 5.74) is 0. The molecule has 0 bridgehead atoms. The topological polar surface area (TPSA) is 222 Å². The van der Waals surface area contributed by atoms with E-state index in [-0.39, 0.29) is 0 Å². The van der Waals surface area contributed by atoms with Gasteiger partial charge in [-0.25, -0.2) is 4.79 Å². The second-order valence-corrected chi connectivity index (χ2v) is 5.95. The fourth-order valence-electron chi connectivity index (χ4n) is 2.32. The molecule has 1 heterocycles. The lowest BCUT2D eigenvalue weighted by molar-refractivity contribution is -0.293. The van der Waals surface area contributed by atoms with Crippen molar-refractivity contribution in [2.24, 2.45) is 0 Å². The summed E-state index contributed by atoms with van der Waals surface area (Å²) in [5.74, 6) is -3.06. The molecule has 0 saturated carbocycles. The summed E-state index contributed by atoms with van der Waals surface area (Å²) in [6.07, 6.45) is -8.82. The standard InChI is InChI=1S/C15H22N2O13/c1-2-9(18)29-13-12(21)8(7-27-10(19)3-5-16(23)24)28-15(22)14(13)30-11(20)4-6-17(25)26/h2,8,12-15,21-23,25H,1,3-7H2/q-2. The van der Waals surface area contributed by atoms with E-state index in [2.05, 4.69) is 6.58 Å². The highest BCUT2D eigenvalue weighted by Gasteiger charge is 2.49. The molecule has 1 aliphatic heterocycles. The number of nitrogens with zero attached hydrogens (tertiary/aromatic N) is 2. The van der Waals surface area contributed by atoms with Crippen LogP contribution >= 0.6 is 0 Å². The summed E-state index contributed by atoms with van der Waals surface area (Å²) in [5, 5.41) is 57.3. The van der Waals surface area contributed by atoms with Gasteiger partial charge in [-0.2, -0.15) is 0 Å². The Balaban J connectivity index is 2.80. The van der Waals surface area contributed by atoms with Crippen LogP contribution in [0.1, 0.15) is 12.8 Å². The summed E-state index contributed by atoms with van der Waals surface area (Å²) in [7, 11) is 0. The van der Waals surface area contributed by atoms with E-state index >= 15 is 0 Å². The highest BCUT2D eigenvalue weighted by Crippen LogP contribution is 2.26. The minimum Gasteiger partial charge on any atom is -0.762 e. The summed E-state index contributed by atoms with van der Waals surface area (Å²) >= 11 is 0. The van der Waals surface area contributed by atoms with Crippen LogP contribution in [0.5, 0.6) is 0 Å². The van der Waals surface area contributed by atoms with Crippen LogP contribution < -0.4 is 0 Å². The number of rotatable bonds is 11. The Hall–Kier alpha value is -2.21. The summed E-state index contributed by atoms with van der Waals surface area (Å²) < 4.78 is 19.6. The first-order valence-corrected chi connectivity index (χ1v) is 8.52. The van der Waals surface area contributed by atoms with Crippen LogP contribution in [0.25, 0.3) is 0 Å². The van der Waals surface area contributed by atoms with E-state index in [1.807, 2.05) is 0 Å². The van der Waals surface area contributed by atoms with Gasteiger partial charge in [0.1, 0.15) is 18.8 Å². The van der Waals surface area contributed by atoms with Crippen molar-refractivity contribution in [3.63, 3.8) is 0 Å². The second-order valence-electron chi connectivity index (χ2n) is 5.95. The van der Waals surface area contributed by atoms with E-state index in [0.717, 1.165) is 6.08 Å². The number of carbonyl (C=O) groups is 3. The Morgan fingerprint density at radius 1 is 1.00 bits per heavy atom. The minimum atomic E-state index is -1.93. The monoisotopic (exact) mass is 438 g/mol. The lowest BCUT2D eigenvalue weighted by Crippen LogP contribution is -2.61. The summed E-state index contributed by atoms with van der Waals surface area (Å²) in [6, 6.07) is 0. The zero-order valence-corrected chi connectivity index (χ0v) is 15.6. The number of carbonyl (C=O) groups excluding carboxylic acids is 3. The van der Waals surface area contributed by atoms with Crippen LogP contribution in [0.15, 0.2) is 12.7 Å². The van der Waals surface area contributed by atoms with E-state index in [4.69, 9.17) is 29.4 Å². The van der Waals surface area contributed by atoms with Gasteiger partial charge >= 0.3 is 17.9 Å². The Labute approximate surface area is 169 Å². The molecule has 0 amide bonds. The molecule has 1 saturated heterocycles. The van der Waals surface area contributed by atoms with Gasteiger partial charge in [0.25, 0.3) is 0 Å². The second kappa shape index (κ2) is 12.5. The van der Waals surface area contributed by atoms with Gasteiger partial charge in [-0.05, 0) is 0 Å².